The van der Waals surface area contributed by atoms with Crippen molar-refractivity contribution < 1.29 is 84.8 Å². The number of ether oxygens (including phenoxy) is 7. The summed E-state index contributed by atoms with van der Waals surface area (Å²) in [7, 11) is 4.20. The van der Waals surface area contributed by atoms with Gasteiger partial charge in [-0.25, -0.2) is 37.3 Å². The molecule has 30 heteroatoms. The number of nitrogens with zero attached hydrogens (tertiary/aromatic N) is 3. The van der Waals surface area contributed by atoms with E-state index in [-0.39, 0.29) is 79.3 Å². The standard InChI is InChI=1S/C22H21O2P.C13H15FO3.2C12H13FO3.C8H7FO2.C7H7N5O3.BBr3/c1-2-24-22(23)18-25(19-12-6-3-7-13-19,20-14-8-4-9-15-20)21-16-10-5-11-17-21;1-3-17-13(15)10-7-9(10)8-4-5-12(16-2)11(14)6-8;1-2-16-12(15)9-6-8(9)7-3-4-11(14)10(13)5-7;1-3-16-12(14)7-5-9-4-6-11(15-2)10(13)8-9;1-11-8-3-2-6(5-10)4-7(8)9;8-7(9-12(14)15)11(10-13)6-4-2-1-3-5-6;2-1(3)4/h3-18H,2H2,1H3;4-6,9-10H,3,7H2,1-2H3;3-5,8-9,14H,2,6H2,1H3;4-8H,3H2,1-2H3;2-5H,1H3;1-5H,(H2,8,9);/b;;;7-5+;;;. The minimum absolute atomic E-state index is 0.0362. The molecule has 2 aliphatic rings. The van der Waals surface area contributed by atoms with Crippen LogP contribution in [0.3, 0.4) is 0 Å². The van der Waals surface area contributed by atoms with Crippen molar-refractivity contribution in [1.29, 1.82) is 5.41 Å². The molecule has 0 heterocycles. The van der Waals surface area contributed by atoms with Crippen LogP contribution in [-0.4, -0.2) is 103 Å². The fraction of sp³-hybridized carbons (Fsp3) is 0.230. The number of phenolic OH excluding ortho intramolecular Hbond substituents is 1. The summed E-state index contributed by atoms with van der Waals surface area (Å²) in [4.78, 5) is 77.0. The first-order valence-corrected chi connectivity index (χ1v) is 36.3. The normalized spacial score (nSPS) is 13.9. The number of anilines is 1. The van der Waals surface area contributed by atoms with Gasteiger partial charge in [-0.2, -0.15) is 5.01 Å². The van der Waals surface area contributed by atoms with E-state index in [1.54, 1.807) is 69.0 Å². The lowest BCUT2D eigenvalue weighted by atomic mass is 10.1. The summed E-state index contributed by atoms with van der Waals surface area (Å²) in [6.07, 6.45) is 4.77. The van der Waals surface area contributed by atoms with Crippen molar-refractivity contribution in [2.45, 2.75) is 52.4 Å². The summed E-state index contributed by atoms with van der Waals surface area (Å²) in [6, 6.07) is 56.2. The molecule has 8 aromatic carbocycles. The first-order valence-electron chi connectivity index (χ1n) is 31.7. The Labute approximate surface area is 624 Å². The Balaban J connectivity index is 0.000000265. The topological polar surface area (TPSA) is 282 Å². The maximum absolute atomic E-state index is 13.5. The summed E-state index contributed by atoms with van der Waals surface area (Å²) < 4.78 is 86.9. The molecular weight excluding hydrogens is 1570 g/mol. The van der Waals surface area contributed by atoms with Crippen LogP contribution in [0.5, 0.6) is 23.0 Å². The number of rotatable bonds is 21. The first kappa shape index (κ1) is 86.5. The molecule has 10 rings (SSSR count). The number of aromatic hydroxyl groups is 1. The van der Waals surface area contributed by atoms with Gasteiger partial charge in [0.25, 0.3) is 5.96 Å². The Morgan fingerprint density at radius 2 is 0.962 bits per heavy atom. The van der Waals surface area contributed by atoms with Crippen LogP contribution in [-0.2, 0) is 38.1 Å². The van der Waals surface area contributed by atoms with E-state index in [1.807, 2.05) is 61.5 Å². The van der Waals surface area contributed by atoms with E-state index < -0.39 is 41.3 Å². The van der Waals surface area contributed by atoms with Crippen LogP contribution >= 0.6 is 54.2 Å². The van der Waals surface area contributed by atoms with E-state index in [0.717, 1.165) is 39.5 Å². The van der Waals surface area contributed by atoms with E-state index >= 15 is 0 Å². The summed E-state index contributed by atoms with van der Waals surface area (Å²) in [5, 5.41) is 31.8. The number of esters is 4. The maximum Gasteiger partial charge on any atom is 0.369 e. The second-order valence-corrected chi connectivity index (χ2v) is 31.0. The Kier molecular flexibility index (Phi) is 38.2. The molecule has 2 fully saturated rings. The number of para-hydroxylation sites is 1. The number of halogens is 7. The molecule has 550 valence electrons. The predicted molar refractivity (Wildman–Crippen MR) is 406 cm³/mol. The molecule has 21 nitrogen and oxygen atoms in total. The molecule has 8 aromatic rings. The third kappa shape index (κ3) is 28.4. The molecule has 4 unspecified atom stereocenters. The number of nitroso groups, excluding NO2 is 1. The van der Waals surface area contributed by atoms with E-state index in [1.165, 1.54) is 93.5 Å². The van der Waals surface area contributed by atoms with Gasteiger partial charge in [-0.05, 0) is 165 Å². The Bertz CT molecular complexity index is 4080. The number of methoxy groups -OCH3 is 3. The number of phenols is 1. The second kappa shape index (κ2) is 45.9. The SMILES string of the molecule is BrB(Br)Br.CCOC(=O)/C=C/c1ccc(OC)c(F)c1.CCOC(=O)C1CC1c1ccc(O)c(F)c1.CCOC(=O)C1CC1c1ccc(OC)c(F)c1.CCOC(=O)C=P(c1ccccc1)(c1ccccc1)c1ccccc1.COc1ccc(C=O)cc1F.N=C(N[N+](=O)[O-])N(N=O)c1ccccc1. The average molecular weight is 1650 g/mol. The maximum atomic E-state index is 13.5. The van der Waals surface area contributed by atoms with Gasteiger partial charge in [0.2, 0.25) is 0 Å². The zero-order valence-corrected chi connectivity index (χ0v) is 63.1. The number of hydrazine groups is 1. The van der Waals surface area contributed by atoms with Gasteiger partial charge in [0.15, 0.2) is 51.3 Å². The Hall–Kier alpha value is -9.96. The smallest absolute Gasteiger partial charge is 0.369 e. The molecule has 0 radical (unpaired) electrons. The van der Waals surface area contributed by atoms with Gasteiger partial charge in [0.05, 0.1) is 70.6 Å². The van der Waals surface area contributed by atoms with Gasteiger partial charge in [-0.15, -0.1) is 52.2 Å². The van der Waals surface area contributed by atoms with Crippen molar-refractivity contribution in [2.75, 3.05) is 52.8 Å². The number of hydrogen-bond donors (Lipinski definition) is 3. The van der Waals surface area contributed by atoms with E-state index in [4.69, 9.17) is 38.9 Å². The molecule has 0 spiro atoms. The van der Waals surface area contributed by atoms with E-state index in [0.29, 0.717) is 55.3 Å². The van der Waals surface area contributed by atoms with Crippen LogP contribution in [0.15, 0.2) is 205 Å². The number of guanidine groups is 1. The molecule has 104 heavy (non-hydrogen) atoms. The summed E-state index contributed by atoms with van der Waals surface area (Å²) in [5.41, 5.74) is 4.26. The van der Waals surface area contributed by atoms with Gasteiger partial charge < -0.3 is 38.3 Å². The fourth-order valence-electron chi connectivity index (χ4n) is 9.63. The van der Waals surface area contributed by atoms with E-state index in [2.05, 4.69) is 93.7 Å². The molecular formula is C74H76BBr3F4N5O16P. The molecule has 2 saturated carbocycles. The van der Waals surface area contributed by atoms with Gasteiger partial charge >= 0.3 is 27.1 Å². The van der Waals surface area contributed by atoms with Crippen LogP contribution in [0, 0.1) is 55.5 Å². The highest BCUT2D eigenvalue weighted by Gasteiger charge is 2.46. The molecule has 0 aromatic heterocycles. The van der Waals surface area contributed by atoms with Gasteiger partial charge in [0.1, 0.15) is 6.29 Å². The number of aldehydes is 1. The second-order valence-electron chi connectivity index (χ2n) is 21.3. The van der Waals surface area contributed by atoms with Crippen LogP contribution in [0.4, 0.5) is 23.2 Å². The van der Waals surface area contributed by atoms with Crippen molar-refractivity contribution in [3.63, 3.8) is 0 Å². The molecule has 3 N–H and O–H groups in total. The molecule has 0 saturated heterocycles. The summed E-state index contributed by atoms with van der Waals surface area (Å²) >= 11 is 9.31. The lowest BCUT2D eigenvalue weighted by molar-refractivity contribution is -0.525. The largest absolute Gasteiger partial charge is 0.505 e. The lowest BCUT2D eigenvalue weighted by Crippen LogP contribution is -2.40. The Morgan fingerprint density at radius 1 is 0.587 bits per heavy atom. The predicted octanol–water partition coefficient (Wildman–Crippen LogP) is 15.1. The van der Waals surface area contributed by atoms with Crippen LogP contribution < -0.4 is 40.6 Å². The molecule has 0 bridgehead atoms. The summed E-state index contributed by atoms with van der Waals surface area (Å²) in [5.74, 6) is -2.01. The van der Waals surface area contributed by atoms with Crippen LogP contribution in [0.25, 0.3) is 6.08 Å². The third-order valence-electron chi connectivity index (χ3n) is 14.5. The first-order chi connectivity index (χ1) is 49.9. The van der Waals surface area contributed by atoms with Crippen molar-refractivity contribution in [2.24, 2.45) is 17.1 Å². The average Bonchev–Trinajstić information content (AvgIpc) is 0.903. The van der Waals surface area contributed by atoms with Crippen molar-refractivity contribution >= 4 is 127 Å². The highest BCUT2D eigenvalue weighted by Crippen LogP contribution is 2.50. The number of nitrogens with one attached hydrogen (secondary N) is 2. The number of benzene rings is 8. The monoisotopic (exact) mass is 1650 g/mol. The number of carbonyl (C=O) groups excluding carboxylic acids is 5. The van der Waals surface area contributed by atoms with Crippen LogP contribution in [0.1, 0.15) is 79.4 Å². The minimum atomic E-state index is -2.24. The molecule has 4 atom stereocenters. The number of hydrogen-bond acceptors (Lipinski definition) is 18. The van der Waals surface area contributed by atoms with Crippen molar-refractivity contribution in [3.05, 3.63) is 261 Å². The molecule has 0 amide bonds. The van der Waals surface area contributed by atoms with Gasteiger partial charge in [-0.3, -0.25) is 19.8 Å². The Morgan fingerprint density at radius 3 is 1.34 bits per heavy atom. The fourth-order valence-corrected chi connectivity index (χ4v) is 13.3. The molecule has 0 aliphatic heterocycles. The zero-order chi connectivity index (χ0) is 76.7. The molecule has 2 aliphatic carbocycles. The van der Waals surface area contributed by atoms with E-state index in [9.17, 15) is 56.6 Å². The van der Waals surface area contributed by atoms with Gasteiger partial charge in [0, 0.05) is 17.4 Å². The van der Waals surface area contributed by atoms with Gasteiger partial charge in [-0.1, -0.05) is 133 Å². The number of nitro groups is 1. The lowest BCUT2D eigenvalue weighted by Gasteiger charge is -2.28. The van der Waals surface area contributed by atoms with Crippen molar-refractivity contribution in [3.8, 4) is 23.0 Å². The van der Waals surface area contributed by atoms with Crippen LogP contribution in [0.2, 0.25) is 0 Å². The highest BCUT2D eigenvalue weighted by atomic mass is 79.9. The van der Waals surface area contributed by atoms with Crippen molar-refractivity contribution in [1.82, 2.24) is 5.43 Å². The quantitative estimate of drug-likeness (QED) is 0.00490. The third-order valence-corrected chi connectivity index (χ3v) is 18.5. The zero-order valence-electron chi connectivity index (χ0n) is 57.4. The highest BCUT2D eigenvalue weighted by molar-refractivity contribution is 9.69. The summed E-state index contributed by atoms with van der Waals surface area (Å²) in [6.45, 7) is 6.30. The number of carbonyl (C=O) groups is 5. The minimum Gasteiger partial charge on any atom is -0.505 e.